The Kier molecular flexibility index (Phi) is 10.5. The van der Waals surface area contributed by atoms with Crippen LogP contribution in [0.3, 0.4) is 0 Å². The molecule has 0 amide bonds. The van der Waals surface area contributed by atoms with Gasteiger partial charge in [-0.15, -0.1) is 0 Å². The summed E-state index contributed by atoms with van der Waals surface area (Å²) in [6.45, 7) is 3.73. The molecule has 1 atom stereocenters. The summed E-state index contributed by atoms with van der Waals surface area (Å²) in [6, 6.07) is 16.9. The maximum Gasteiger partial charge on any atom is 0.320 e. The van der Waals surface area contributed by atoms with Gasteiger partial charge in [0.25, 0.3) is 0 Å². The third-order valence-electron chi connectivity index (χ3n) is 5.54. The van der Waals surface area contributed by atoms with Gasteiger partial charge in [0.05, 0.1) is 13.2 Å². The summed E-state index contributed by atoms with van der Waals surface area (Å²) in [4.78, 5) is 43.0. The Morgan fingerprint density at radius 1 is 0.892 bits per heavy atom. The second-order valence-corrected chi connectivity index (χ2v) is 8.90. The molecule has 0 fully saturated rings. The SMILES string of the molecule is CCOC(=O)C(C(=O)OCC)C(CC(=O)c1cccc(Cl)c1)c1ccc(OCc2ccc(Cl)nc2)cc1. The molecule has 0 saturated carbocycles. The maximum absolute atomic E-state index is 13.2. The number of carbonyl (C=O) groups is 3. The number of ether oxygens (including phenoxy) is 3. The van der Waals surface area contributed by atoms with Gasteiger partial charge in [0.1, 0.15) is 17.5 Å². The lowest BCUT2D eigenvalue weighted by Gasteiger charge is -2.24. The summed E-state index contributed by atoms with van der Waals surface area (Å²) in [7, 11) is 0. The third-order valence-corrected chi connectivity index (χ3v) is 6.00. The van der Waals surface area contributed by atoms with Gasteiger partial charge in [0.15, 0.2) is 11.7 Å². The highest BCUT2D eigenvalue weighted by Crippen LogP contribution is 2.33. The second-order valence-electron chi connectivity index (χ2n) is 8.07. The van der Waals surface area contributed by atoms with Crippen LogP contribution in [0.1, 0.15) is 47.7 Å². The average Bonchev–Trinajstić information content (AvgIpc) is 2.88. The fourth-order valence-electron chi connectivity index (χ4n) is 3.77. The zero-order valence-electron chi connectivity index (χ0n) is 20.5. The summed E-state index contributed by atoms with van der Waals surface area (Å²) in [5, 5.41) is 0.802. The van der Waals surface area contributed by atoms with Crippen LogP contribution in [0, 0.1) is 5.92 Å². The van der Waals surface area contributed by atoms with Crippen LogP contribution < -0.4 is 4.74 Å². The first-order chi connectivity index (χ1) is 17.8. The van der Waals surface area contributed by atoms with Crippen molar-refractivity contribution in [3.8, 4) is 5.75 Å². The van der Waals surface area contributed by atoms with Crippen molar-refractivity contribution in [2.45, 2.75) is 32.8 Å². The maximum atomic E-state index is 13.2. The van der Waals surface area contributed by atoms with Gasteiger partial charge < -0.3 is 14.2 Å². The van der Waals surface area contributed by atoms with Crippen LogP contribution in [-0.2, 0) is 25.7 Å². The second kappa shape index (κ2) is 13.8. The molecule has 0 aliphatic heterocycles. The number of ketones is 1. The number of carbonyl (C=O) groups excluding carboxylic acids is 3. The highest BCUT2D eigenvalue weighted by molar-refractivity contribution is 6.31. The summed E-state index contributed by atoms with van der Waals surface area (Å²) < 4.78 is 16.2. The van der Waals surface area contributed by atoms with Gasteiger partial charge in [-0.2, -0.15) is 0 Å². The summed E-state index contributed by atoms with van der Waals surface area (Å²) in [5.41, 5.74) is 1.80. The zero-order valence-corrected chi connectivity index (χ0v) is 22.0. The van der Waals surface area contributed by atoms with E-state index in [0.717, 1.165) is 5.56 Å². The molecule has 37 heavy (non-hydrogen) atoms. The lowest BCUT2D eigenvalue weighted by molar-refractivity contribution is -0.162. The fraction of sp³-hybridized carbons (Fsp3) is 0.286. The van der Waals surface area contributed by atoms with E-state index in [-0.39, 0.29) is 32.0 Å². The molecule has 1 aromatic heterocycles. The van der Waals surface area contributed by atoms with E-state index in [0.29, 0.717) is 27.1 Å². The Hall–Kier alpha value is -3.42. The van der Waals surface area contributed by atoms with E-state index < -0.39 is 23.8 Å². The van der Waals surface area contributed by atoms with E-state index in [1.54, 1.807) is 74.6 Å². The Labute approximate surface area is 225 Å². The zero-order chi connectivity index (χ0) is 26.8. The highest BCUT2D eigenvalue weighted by Gasteiger charge is 2.39. The number of rotatable bonds is 12. The molecule has 0 saturated heterocycles. The van der Waals surface area contributed by atoms with E-state index >= 15 is 0 Å². The van der Waals surface area contributed by atoms with Crippen molar-refractivity contribution in [2.75, 3.05) is 13.2 Å². The fourth-order valence-corrected chi connectivity index (χ4v) is 4.07. The van der Waals surface area contributed by atoms with Gasteiger partial charge in [-0.25, -0.2) is 4.98 Å². The van der Waals surface area contributed by atoms with E-state index in [2.05, 4.69) is 4.98 Å². The summed E-state index contributed by atoms with van der Waals surface area (Å²) in [5.74, 6) is -3.38. The number of pyridine rings is 1. The summed E-state index contributed by atoms with van der Waals surface area (Å²) in [6.07, 6.45) is 1.48. The first-order valence-electron chi connectivity index (χ1n) is 11.8. The number of nitrogens with zero attached hydrogens (tertiary/aromatic N) is 1. The molecule has 0 aliphatic carbocycles. The van der Waals surface area contributed by atoms with Crippen molar-refractivity contribution in [1.29, 1.82) is 0 Å². The molecule has 0 bridgehead atoms. The number of aromatic nitrogens is 1. The molecule has 0 aliphatic rings. The lowest BCUT2D eigenvalue weighted by Crippen LogP contribution is -2.34. The van der Waals surface area contributed by atoms with Crippen LogP contribution in [0.15, 0.2) is 66.9 Å². The molecule has 0 N–H and O–H groups in total. The van der Waals surface area contributed by atoms with Gasteiger partial charge in [-0.3, -0.25) is 14.4 Å². The lowest BCUT2D eigenvalue weighted by atomic mass is 9.81. The molecule has 2 aromatic carbocycles. The van der Waals surface area contributed by atoms with Crippen LogP contribution >= 0.6 is 23.2 Å². The van der Waals surface area contributed by atoms with Crippen LogP contribution in [0.25, 0.3) is 0 Å². The molecule has 1 unspecified atom stereocenters. The molecule has 0 radical (unpaired) electrons. The number of Topliss-reactive ketones (excluding diaryl/α,β-unsaturated/α-hetero) is 1. The number of benzene rings is 2. The van der Waals surface area contributed by atoms with Crippen molar-refractivity contribution in [2.24, 2.45) is 5.92 Å². The molecule has 3 rings (SSSR count). The molecular weight excluding hydrogens is 517 g/mol. The van der Waals surface area contributed by atoms with E-state index in [9.17, 15) is 14.4 Å². The van der Waals surface area contributed by atoms with E-state index in [1.165, 1.54) is 0 Å². The Bertz CT molecular complexity index is 1200. The smallest absolute Gasteiger partial charge is 0.320 e. The van der Waals surface area contributed by atoms with Crippen molar-refractivity contribution in [3.05, 3.63) is 93.7 Å². The Balaban J connectivity index is 1.89. The van der Waals surface area contributed by atoms with Gasteiger partial charge in [0, 0.05) is 34.7 Å². The average molecular weight is 544 g/mol. The van der Waals surface area contributed by atoms with Crippen LogP contribution in [-0.4, -0.2) is 35.9 Å². The molecule has 9 heteroatoms. The van der Waals surface area contributed by atoms with Crippen molar-refractivity contribution < 1.29 is 28.6 Å². The number of hydrogen-bond donors (Lipinski definition) is 0. The molecule has 1 heterocycles. The van der Waals surface area contributed by atoms with Gasteiger partial charge in [0.2, 0.25) is 0 Å². The van der Waals surface area contributed by atoms with E-state index in [1.807, 2.05) is 6.07 Å². The molecule has 7 nitrogen and oxygen atoms in total. The predicted molar refractivity (Wildman–Crippen MR) is 140 cm³/mol. The predicted octanol–water partition coefficient (Wildman–Crippen LogP) is 6.07. The normalized spacial score (nSPS) is 11.6. The minimum Gasteiger partial charge on any atom is -0.489 e. The third kappa shape index (κ3) is 8.03. The number of esters is 2. The molecular formula is C28H27Cl2NO6. The Morgan fingerprint density at radius 3 is 2.14 bits per heavy atom. The van der Waals surface area contributed by atoms with Crippen molar-refractivity contribution in [3.63, 3.8) is 0 Å². The minimum atomic E-state index is -1.32. The molecule has 194 valence electrons. The van der Waals surface area contributed by atoms with Gasteiger partial charge >= 0.3 is 11.9 Å². The van der Waals surface area contributed by atoms with Crippen LogP contribution in [0.4, 0.5) is 0 Å². The standard InChI is InChI=1S/C28H27Cl2NO6/c1-3-35-27(33)26(28(34)36-4-2)23(15-24(32)20-6-5-7-21(29)14-20)19-9-11-22(12-10-19)37-17-18-8-13-25(30)31-16-18/h5-14,16,23,26H,3-4,15,17H2,1-2H3. The van der Waals surface area contributed by atoms with Gasteiger partial charge in [-0.1, -0.05) is 53.5 Å². The van der Waals surface area contributed by atoms with Crippen molar-refractivity contribution in [1.82, 2.24) is 4.98 Å². The number of hydrogen-bond acceptors (Lipinski definition) is 7. The van der Waals surface area contributed by atoms with Gasteiger partial charge in [-0.05, 0) is 49.7 Å². The quantitative estimate of drug-likeness (QED) is 0.118. The highest BCUT2D eigenvalue weighted by atomic mass is 35.5. The topological polar surface area (TPSA) is 91.8 Å². The molecule has 0 spiro atoms. The van der Waals surface area contributed by atoms with E-state index in [4.69, 9.17) is 37.4 Å². The minimum absolute atomic E-state index is 0.0794. The van der Waals surface area contributed by atoms with Crippen LogP contribution in [0.5, 0.6) is 5.75 Å². The largest absolute Gasteiger partial charge is 0.489 e. The monoisotopic (exact) mass is 543 g/mol. The van der Waals surface area contributed by atoms with Crippen LogP contribution in [0.2, 0.25) is 10.2 Å². The molecule has 3 aromatic rings. The Morgan fingerprint density at radius 2 is 1.57 bits per heavy atom. The first kappa shape index (κ1) is 28.2. The summed E-state index contributed by atoms with van der Waals surface area (Å²) >= 11 is 11.9. The van der Waals surface area contributed by atoms with Crippen molar-refractivity contribution >= 4 is 40.9 Å². The number of halogens is 2. The first-order valence-corrected chi connectivity index (χ1v) is 12.5.